The third-order valence-corrected chi connectivity index (χ3v) is 6.07. The molecule has 0 unspecified atom stereocenters. The van der Waals surface area contributed by atoms with Crippen LogP contribution in [0.2, 0.25) is 0 Å². The third kappa shape index (κ3) is 4.78. The van der Waals surface area contributed by atoms with Gasteiger partial charge in [0.25, 0.3) is 0 Å². The minimum atomic E-state index is -0.698. The number of likely N-dealkylation sites (N-methyl/N-ethyl adjacent to an activating group) is 1. The van der Waals surface area contributed by atoms with Crippen molar-refractivity contribution in [2.75, 3.05) is 20.7 Å². The van der Waals surface area contributed by atoms with Gasteiger partial charge in [-0.3, -0.25) is 24.1 Å². The van der Waals surface area contributed by atoms with Crippen molar-refractivity contribution in [3.8, 4) is 5.75 Å². The third-order valence-electron chi connectivity index (χ3n) is 6.07. The van der Waals surface area contributed by atoms with E-state index in [0.717, 1.165) is 5.56 Å². The summed E-state index contributed by atoms with van der Waals surface area (Å²) in [4.78, 5) is 53.3. The van der Waals surface area contributed by atoms with Crippen LogP contribution < -0.4 is 10.1 Å². The Hall–Kier alpha value is -3.16. The topological polar surface area (TPSA) is 96.0 Å². The Morgan fingerprint density at radius 2 is 1.71 bits per heavy atom. The van der Waals surface area contributed by atoms with E-state index in [1.54, 1.807) is 26.2 Å². The molecule has 166 valence electrons. The Morgan fingerprint density at radius 3 is 2.23 bits per heavy atom. The lowest BCUT2D eigenvalue weighted by Crippen LogP contribution is -2.47. The molecule has 1 N–H and O–H groups in total. The van der Waals surface area contributed by atoms with Crippen molar-refractivity contribution in [2.45, 2.75) is 38.8 Å². The molecule has 0 saturated carbocycles. The Bertz CT molecular complexity index is 854. The molecule has 8 heteroatoms. The van der Waals surface area contributed by atoms with Crippen molar-refractivity contribution in [2.24, 2.45) is 11.8 Å². The first kappa shape index (κ1) is 22.5. The van der Waals surface area contributed by atoms with Crippen molar-refractivity contribution in [3.63, 3.8) is 0 Å². The van der Waals surface area contributed by atoms with Crippen LogP contribution in [0.4, 0.5) is 0 Å². The van der Waals surface area contributed by atoms with Gasteiger partial charge in [0, 0.05) is 26.6 Å². The smallest absolute Gasteiger partial charge is 0.242 e. The highest BCUT2D eigenvalue weighted by atomic mass is 16.5. The first-order chi connectivity index (χ1) is 14.9. The highest BCUT2D eigenvalue weighted by molar-refractivity contribution is 6.05. The van der Waals surface area contributed by atoms with E-state index in [1.165, 1.54) is 16.8 Å². The molecule has 3 atom stereocenters. The number of rotatable bonds is 8. The van der Waals surface area contributed by atoms with Crippen LogP contribution in [0.1, 0.15) is 31.7 Å². The van der Waals surface area contributed by atoms with Crippen LogP contribution in [0.5, 0.6) is 5.75 Å². The van der Waals surface area contributed by atoms with Crippen molar-refractivity contribution < 1.29 is 23.9 Å². The molecule has 1 fully saturated rings. The molecular weight excluding hydrogens is 398 g/mol. The lowest BCUT2D eigenvalue weighted by atomic mass is 9.85. The van der Waals surface area contributed by atoms with Gasteiger partial charge in [-0.1, -0.05) is 24.3 Å². The average molecular weight is 428 g/mol. The second-order valence-corrected chi connectivity index (χ2v) is 7.89. The van der Waals surface area contributed by atoms with Gasteiger partial charge >= 0.3 is 0 Å². The number of methoxy groups -OCH3 is 1. The van der Waals surface area contributed by atoms with Crippen LogP contribution in [0.3, 0.4) is 0 Å². The monoisotopic (exact) mass is 427 g/mol. The number of fused-ring (bicyclic) bond motifs is 1. The van der Waals surface area contributed by atoms with E-state index < -0.39 is 6.04 Å². The normalized spacial score (nSPS) is 20.9. The van der Waals surface area contributed by atoms with Crippen molar-refractivity contribution >= 4 is 23.6 Å². The van der Waals surface area contributed by atoms with E-state index in [4.69, 9.17) is 4.74 Å². The van der Waals surface area contributed by atoms with Crippen LogP contribution in [-0.2, 0) is 25.7 Å². The summed E-state index contributed by atoms with van der Waals surface area (Å²) in [6, 6.07) is 6.55. The number of hydrogen-bond donors (Lipinski definition) is 1. The highest BCUT2D eigenvalue weighted by Crippen LogP contribution is 2.35. The van der Waals surface area contributed by atoms with Crippen LogP contribution in [0, 0.1) is 11.8 Å². The zero-order valence-corrected chi connectivity index (χ0v) is 18.2. The number of carbonyl (C=O) groups excluding carboxylic acids is 4. The predicted octanol–water partition coefficient (Wildman–Crippen LogP) is 1.50. The summed E-state index contributed by atoms with van der Waals surface area (Å²) >= 11 is 0. The molecule has 4 amide bonds. The number of nitrogens with zero attached hydrogens (tertiary/aromatic N) is 2. The van der Waals surface area contributed by atoms with Gasteiger partial charge in [0.05, 0.1) is 18.9 Å². The molecule has 1 aliphatic heterocycles. The molecule has 0 radical (unpaired) electrons. The zero-order valence-electron chi connectivity index (χ0n) is 18.2. The van der Waals surface area contributed by atoms with Gasteiger partial charge in [0.15, 0.2) is 0 Å². The largest absolute Gasteiger partial charge is 0.497 e. The number of allylic oxidation sites excluding steroid dienone is 2. The molecule has 0 bridgehead atoms. The lowest BCUT2D eigenvalue weighted by molar-refractivity contribution is -0.143. The van der Waals surface area contributed by atoms with E-state index in [2.05, 4.69) is 5.32 Å². The van der Waals surface area contributed by atoms with Gasteiger partial charge in [-0.05, 0) is 37.5 Å². The summed E-state index contributed by atoms with van der Waals surface area (Å²) in [7, 11) is 3.10. The minimum absolute atomic E-state index is 0.0260. The maximum atomic E-state index is 13.1. The molecule has 0 spiro atoms. The quantitative estimate of drug-likeness (QED) is 0.501. The lowest BCUT2D eigenvalue weighted by Gasteiger charge is -2.29. The van der Waals surface area contributed by atoms with Crippen molar-refractivity contribution in [1.29, 1.82) is 0 Å². The van der Waals surface area contributed by atoms with Crippen molar-refractivity contribution in [1.82, 2.24) is 15.1 Å². The van der Waals surface area contributed by atoms with E-state index in [0.29, 0.717) is 18.6 Å². The Balaban J connectivity index is 1.69. The first-order valence-electron chi connectivity index (χ1n) is 10.5. The Labute approximate surface area is 182 Å². The maximum Gasteiger partial charge on any atom is 0.242 e. The molecule has 0 aromatic heterocycles. The van der Waals surface area contributed by atoms with Gasteiger partial charge in [-0.25, -0.2) is 0 Å². The van der Waals surface area contributed by atoms with E-state index >= 15 is 0 Å². The van der Waals surface area contributed by atoms with Gasteiger partial charge in [-0.2, -0.15) is 0 Å². The van der Waals surface area contributed by atoms with Gasteiger partial charge in [0.1, 0.15) is 11.8 Å². The number of imide groups is 1. The fraction of sp³-hybridized carbons (Fsp3) is 0.478. The molecule has 3 rings (SSSR count). The standard InChI is InChI=1S/C23H29N3O5/c1-15(21(28)24-2)26(14-16-8-10-17(31-3)11-9-16)20(27)12-13-25-22(29)18-6-4-5-7-19(18)23(25)30/h4-5,8-11,15,18-19H,6-7,12-14H2,1-3H3,(H,24,28)/t15-,18-,19+/m0/s1. The van der Waals surface area contributed by atoms with Crippen LogP contribution in [0.25, 0.3) is 0 Å². The van der Waals surface area contributed by atoms with Gasteiger partial charge < -0.3 is 15.0 Å². The number of benzene rings is 1. The second-order valence-electron chi connectivity index (χ2n) is 7.89. The molecule has 2 aliphatic rings. The fourth-order valence-corrected chi connectivity index (χ4v) is 4.16. The van der Waals surface area contributed by atoms with E-state index in [9.17, 15) is 19.2 Å². The van der Waals surface area contributed by atoms with E-state index in [-0.39, 0.29) is 55.0 Å². The highest BCUT2D eigenvalue weighted by Gasteiger charge is 2.47. The van der Waals surface area contributed by atoms with Crippen LogP contribution in [-0.4, -0.2) is 60.2 Å². The second kappa shape index (κ2) is 9.76. The number of hydrogen-bond acceptors (Lipinski definition) is 5. The van der Waals surface area contributed by atoms with Gasteiger partial charge in [0.2, 0.25) is 23.6 Å². The molecule has 8 nitrogen and oxygen atoms in total. The number of ether oxygens (including phenoxy) is 1. The molecular formula is C23H29N3O5. The summed E-state index contributed by atoms with van der Waals surface area (Å²) < 4.78 is 5.16. The minimum Gasteiger partial charge on any atom is -0.497 e. The Morgan fingerprint density at radius 1 is 1.13 bits per heavy atom. The molecule has 1 saturated heterocycles. The SMILES string of the molecule is CNC(=O)[C@H](C)N(Cc1ccc(OC)cc1)C(=O)CCN1C(=O)[C@H]2CC=CC[C@H]2C1=O. The molecule has 1 aromatic rings. The number of likely N-dealkylation sites (tertiary alicyclic amines) is 1. The summed E-state index contributed by atoms with van der Waals surface area (Å²) in [5.41, 5.74) is 0.843. The molecule has 31 heavy (non-hydrogen) atoms. The number of carbonyl (C=O) groups is 4. The number of amides is 4. The number of nitrogens with one attached hydrogen (secondary N) is 1. The van der Waals surface area contributed by atoms with Crippen LogP contribution in [0.15, 0.2) is 36.4 Å². The van der Waals surface area contributed by atoms with Crippen molar-refractivity contribution in [3.05, 3.63) is 42.0 Å². The zero-order chi connectivity index (χ0) is 22.5. The van der Waals surface area contributed by atoms with Crippen LogP contribution >= 0.6 is 0 Å². The summed E-state index contributed by atoms with van der Waals surface area (Å²) in [6.07, 6.45) is 4.97. The Kier molecular flexibility index (Phi) is 7.09. The van der Waals surface area contributed by atoms with Gasteiger partial charge in [-0.15, -0.1) is 0 Å². The fourth-order valence-electron chi connectivity index (χ4n) is 4.16. The first-order valence-corrected chi connectivity index (χ1v) is 10.5. The predicted molar refractivity (Wildman–Crippen MR) is 114 cm³/mol. The average Bonchev–Trinajstić information content (AvgIpc) is 3.05. The summed E-state index contributed by atoms with van der Waals surface area (Å²) in [6.45, 7) is 1.92. The maximum absolute atomic E-state index is 13.1. The summed E-state index contributed by atoms with van der Waals surface area (Å²) in [5, 5.41) is 2.57. The summed E-state index contributed by atoms with van der Waals surface area (Å²) in [5.74, 6) is -0.905. The molecule has 1 heterocycles. The molecule has 1 aliphatic carbocycles. The van der Waals surface area contributed by atoms with E-state index in [1.807, 2.05) is 24.3 Å². The molecule has 1 aromatic carbocycles.